The molecule has 1 aliphatic rings. The summed E-state index contributed by atoms with van der Waals surface area (Å²) in [5, 5.41) is 15.0. The first kappa shape index (κ1) is 28.5. The summed E-state index contributed by atoms with van der Waals surface area (Å²) in [6.07, 6.45) is 0.353. The van der Waals surface area contributed by atoms with E-state index in [2.05, 4.69) is 5.32 Å². The van der Waals surface area contributed by atoms with E-state index < -0.39 is 28.9 Å². The van der Waals surface area contributed by atoms with Crippen LogP contribution in [0.4, 0.5) is 0 Å². The van der Waals surface area contributed by atoms with Crippen molar-refractivity contribution in [2.45, 2.75) is 45.8 Å². The van der Waals surface area contributed by atoms with Crippen LogP contribution in [0.2, 0.25) is 5.02 Å². The van der Waals surface area contributed by atoms with E-state index in [4.69, 9.17) is 21.1 Å². The molecule has 8 nitrogen and oxygen atoms in total. The number of carbonyl (C=O) groups is 3. The van der Waals surface area contributed by atoms with Crippen molar-refractivity contribution in [3.8, 4) is 5.75 Å². The van der Waals surface area contributed by atoms with Gasteiger partial charge in [0.15, 0.2) is 6.61 Å². The molecule has 0 bridgehead atoms. The first-order chi connectivity index (χ1) is 17.4. The molecule has 0 aromatic heterocycles. The molecule has 1 heterocycles. The summed E-state index contributed by atoms with van der Waals surface area (Å²) < 4.78 is 10.2. The lowest BCUT2D eigenvalue weighted by Gasteiger charge is -2.51. The second kappa shape index (κ2) is 11.5. The lowest BCUT2D eigenvalue weighted by molar-refractivity contribution is -0.156. The number of hydrogen-bond donors (Lipinski definition) is 2. The average Bonchev–Trinajstić information content (AvgIpc) is 2.87. The molecule has 2 amide bonds. The number of methoxy groups -OCH3 is 1. The Morgan fingerprint density at radius 1 is 1.14 bits per heavy atom. The van der Waals surface area contributed by atoms with Crippen molar-refractivity contribution in [2.75, 3.05) is 26.8 Å². The van der Waals surface area contributed by atoms with Crippen LogP contribution in [0.3, 0.4) is 0 Å². The smallest absolute Gasteiger partial charge is 0.337 e. The topological polar surface area (TPSA) is 105 Å². The Morgan fingerprint density at radius 3 is 2.41 bits per heavy atom. The van der Waals surface area contributed by atoms with Crippen LogP contribution in [0.15, 0.2) is 48.5 Å². The number of halogens is 1. The van der Waals surface area contributed by atoms with Gasteiger partial charge in [-0.05, 0) is 48.2 Å². The summed E-state index contributed by atoms with van der Waals surface area (Å²) in [4.78, 5) is 39.6. The van der Waals surface area contributed by atoms with E-state index >= 15 is 0 Å². The van der Waals surface area contributed by atoms with Gasteiger partial charge in [-0.25, -0.2) is 4.79 Å². The Bertz CT molecular complexity index is 1130. The van der Waals surface area contributed by atoms with E-state index in [1.54, 1.807) is 35.2 Å². The highest BCUT2D eigenvalue weighted by Gasteiger charge is 2.50. The highest BCUT2D eigenvalue weighted by atomic mass is 35.5. The monoisotopic (exact) mass is 530 g/mol. The maximum absolute atomic E-state index is 13.5. The fraction of sp³-hybridized carbons (Fsp3) is 0.464. The minimum atomic E-state index is -1.13. The normalized spacial score (nSPS) is 19.7. The molecule has 3 rings (SSSR count). The van der Waals surface area contributed by atoms with Crippen molar-refractivity contribution in [1.82, 2.24) is 10.2 Å². The Labute approximate surface area is 222 Å². The zero-order valence-electron chi connectivity index (χ0n) is 21.9. The minimum Gasteiger partial charge on any atom is -0.484 e. The zero-order valence-corrected chi connectivity index (χ0v) is 22.7. The number of carbonyl (C=O) groups excluding carboxylic acids is 3. The molecule has 1 fully saturated rings. The fourth-order valence-corrected chi connectivity index (χ4v) is 4.80. The van der Waals surface area contributed by atoms with E-state index in [-0.39, 0.29) is 18.4 Å². The number of ether oxygens (including phenoxy) is 2. The first-order valence-electron chi connectivity index (χ1n) is 12.3. The molecule has 0 radical (unpaired) electrons. The summed E-state index contributed by atoms with van der Waals surface area (Å²) in [6.45, 7) is 7.94. The molecule has 0 saturated carbocycles. The number of hydrogen-bond acceptors (Lipinski definition) is 6. The van der Waals surface area contributed by atoms with Crippen LogP contribution in [0, 0.1) is 11.3 Å². The van der Waals surface area contributed by atoms with Gasteiger partial charge in [0, 0.05) is 23.5 Å². The van der Waals surface area contributed by atoms with E-state index in [1.165, 1.54) is 13.2 Å². The van der Waals surface area contributed by atoms with Crippen molar-refractivity contribution in [3.63, 3.8) is 0 Å². The van der Waals surface area contributed by atoms with Crippen molar-refractivity contribution < 1.29 is 29.0 Å². The van der Waals surface area contributed by atoms with Crippen LogP contribution in [0.1, 0.15) is 50.0 Å². The van der Waals surface area contributed by atoms with Crippen molar-refractivity contribution in [2.24, 2.45) is 11.3 Å². The van der Waals surface area contributed by atoms with Gasteiger partial charge in [-0.2, -0.15) is 0 Å². The molecular formula is C28H35ClN2O6. The number of nitrogens with one attached hydrogen (secondary N) is 1. The number of nitrogens with zero attached hydrogens (tertiary/aromatic N) is 1. The number of rotatable bonds is 8. The van der Waals surface area contributed by atoms with Crippen molar-refractivity contribution in [1.29, 1.82) is 0 Å². The van der Waals surface area contributed by atoms with Gasteiger partial charge in [0.05, 0.1) is 18.3 Å². The molecular weight excluding hydrogens is 496 g/mol. The van der Waals surface area contributed by atoms with E-state index in [9.17, 15) is 19.5 Å². The maximum atomic E-state index is 13.5. The summed E-state index contributed by atoms with van der Waals surface area (Å²) in [5.74, 6) is -0.997. The van der Waals surface area contributed by atoms with Crippen molar-refractivity contribution in [3.05, 3.63) is 64.7 Å². The van der Waals surface area contributed by atoms with Crippen molar-refractivity contribution >= 4 is 29.4 Å². The predicted octanol–water partition coefficient (Wildman–Crippen LogP) is 3.79. The van der Waals surface area contributed by atoms with E-state index in [0.717, 1.165) is 5.56 Å². The van der Waals surface area contributed by atoms with Gasteiger partial charge in [0.25, 0.3) is 5.91 Å². The van der Waals surface area contributed by atoms with Crippen LogP contribution in [-0.4, -0.2) is 60.6 Å². The lowest BCUT2D eigenvalue weighted by atomic mass is 9.66. The second-order valence-corrected chi connectivity index (χ2v) is 10.8. The second-order valence-electron chi connectivity index (χ2n) is 10.4. The van der Waals surface area contributed by atoms with Crippen LogP contribution in [0.25, 0.3) is 0 Å². The molecule has 9 heteroatoms. The van der Waals surface area contributed by atoms with Gasteiger partial charge in [-0.3, -0.25) is 9.59 Å². The Balaban J connectivity index is 1.65. The molecule has 2 aromatic carbocycles. The Morgan fingerprint density at radius 2 is 1.81 bits per heavy atom. The Hall–Kier alpha value is -3.10. The number of amides is 2. The van der Waals surface area contributed by atoms with Gasteiger partial charge < -0.3 is 24.8 Å². The fourth-order valence-electron chi connectivity index (χ4n) is 4.68. The van der Waals surface area contributed by atoms with Crippen LogP contribution >= 0.6 is 11.6 Å². The SMILES string of the molecule is COC(=O)c1cccc(OCC(=O)N[C@@H](C(=O)N2CC[C@](O)(c3ccc(Cl)cc3)C(C)(C)C2)C(C)C)c1. The number of esters is 1. The third-order valence-corrected chi connectivity index (χ3v) is 7.21. The number of piperidine rings is 1. The summed E-state index contributed by atoms with van der Waals surface area (Å²) in [7, 11) is 1.29. The lowest BCUT2D eigenvalue weighted by Crippen LogP contribution is -2.60. The molecule has 37 heavy (non-hydrogen) atoms. The quantitative estimate of drug-likeness (QED) is 0.503. The summed E-state index contributed by atoms with van der Waals surface area (Å²) >= 11 is 6.02. The largest absolute Gasteiger partial charge is 0.484 e. The molecule has 0 aliphatic carbocycles. The van der Waals surface area contributed by atoms with Crippen LogP contribution < -0.4 is 10.1 Å². The van der Waals surface area contributed by atoms with Crippen LogP contribution in [-0.2, 0) is 19.9 Å². The highest BCUT2D eigenvalue weighted by Crippen LogP contribution is 2.46. The third-order valence-electron chi connectivity index (χ3n) is 6.96. The van der Waals surface area contributed by atoms with Gasteiger partial charge in [-0.1, -0.05) is 57.5 Å². The van der Waals surface area contributed by atoms with E-state index in [1.807, 2.05) is 39.8 Å². The first-order valence-corrected chi connectivity index (χ1v) is 12.6. The molecule has 2 N–H and O–H groups in total. The van der Waals surface area contributed by atoms with Crippen LogP contribution in [0.5, 0.6) is 5.75 Å². The molecule has 1 aliphatic heterocycles. The number of aliphatic hydroxyl groups is 1. The number of benzene rings is 2. The van der Waals surface area contributed by atoms with Gasteiger partial charge >= 0.3 is 5.97 Å². The summed E-state index contributed by atoms with van der Waals surface area (Å²) in [5.41, 5.74) is -0.705. The maximum Gasteiger partial charge on any atom is 0.337 e. The standard InChI is InChI=1S/C28H35ClN2O6/c1-18(2)24(30-23(32)16-37-22-8-6-7-19(15-22)26(34)36-5)25(33)31-14-13-28(35,27(3,4)17-31)20-9-11-21(29)12-10-20/h6-12,15,18,24,35H,13-14,16-17H2,1-5H3,(H,30,32)/t24-,28+/m1/s1. The molecule has 2 atom stereocenters. The van der Waals surface area contributed by atoms with Gasteiger partial charge in [-0.15, -0.1) is 0 Å². The Kier molecular flexibility index (Phi) is 8.87. The summed E-state index contributed by atoms with van der Waals surface area (Å²) in [6, 6.07) is 12.7. The van der Waals surface area contributed by atoms with E-state index in [0.29, 0.717) is 35.8 Å². The molecule has 0 spiro atoms. The molecule has 0 unspecified atom stereocenters. The third kappa shape index (κ3) is 6.43. The van der Waals surface area contributed by atoms with Gasteiger partial charge in [0.2, 0.25) is 5.91 Å². The minimum absolute atomic E-state index is 0.167. The molecule has 2 aromatic rings. The highest BCUT2D eigenvalue weighted by molar-refractivity contribution is 6.30. The molecule has 200 valence electrons. The molecule has 1 saturated heterocycles. The number of likely N-dealkylation sites (tertiary alicyclic amines) is 1. The average molecular weight is 531 g/mol. The zero-order chi connectivity index (χ0) is 27.4. The van der Waals surface area contributed by atoms with Gasteiger partial charge in [0.1, 0.15) is 11.8 Å². The predicted molar refractivity (Wildman–Crippen MR) is 140 cm³/mol.